The Labute approximate surface area is 498 Å². The van der Waals surface area contributed by atoms with Gasteiger partial charge in [0.1, 0.15) is 134 Å². The Morgan fingerprint density at radius 3 is 1.29 bits per heavy atom. The first-order valence-electron chi connectivity index (χ1n) is 29.0. The quantitative estimate of drug-likeness (QED) is 0.0341. The standard InChI is InChI=1S/C56H94O30/c1-8-56(7,86-55-49(85-54-44(72)39(67)35(63)29(19-58)80-54)46(74)47(30(20-59)81-55)83-53-43(71)38(66)34(62)28(18-57)79-53)17-11-16-24(3)13-9-12-23(2)14-10-15-25(4)21-75-51-45(73)40(68)48(84-52-42(70)37(65)33(61)27(6)78-52)31(82-51)22-76-50-41(69)36(64)32(60)26(5)77-50/h8,12,15-16,26-55,57-74H,1,9-11,13-14,17-22H2,2-7H3/b23-12+,24-16+,25-15-/t26-,27-,28+,29+,30+,31+,32-,33-,34+,35+,36+,37+,38-,39-,40+,41+,42+,43+,44+,45+,46-,47+,48+,49+,50+,51+,52-,53-,54-,55-,56+/m0/s1. The van der Waals surface area contributed by atoms with Gasteiger partial charge < -0.3 is 149 Å². The lowest BCUT2D eigenvalue weighted by Crippen LogP contribution is -2.67. The van der Waals surface area contributed by atoms with E-state index in [4.69, 9.17) is 56.8 Å². The van der Waals surface area contributed by atoms with Gasteiger partial charge in [0.25, 0.3) is 0 Å². The predicted octanol–water partition coefficient (Wildman–Crippen LogP) is -5.90. The zero-order valence-electron chi connectivity index (χ0n) is 49.1. The molecule has 0 saturated carbocycles. The third-order valence-electron chi connectivity index (χ3n) is 16.5. The zero-order chi connectivity index (χ0) is 63.6. The van der Waals surface area contributed by atoms with Gasteiger partial charge in [-0.2, -0.15) is 0 Å². The first-order valence-corrected chi connectivity index (χ1v) is 29.0. The van der Waals surface area contributed by atoms with E-state index in [0.29, 0.717) is 32.1 Å². The maximum atomic E-state index is 11.9. The Morgan fingerprint density at radius 1 is 0.407 bits per heavy atom. The van der Waals surface area contributed by atoms with Crippen LogP contribution in [0.15, 0.2) is 47.6 Å². The van der Waals surface area contributed by atoms with Gasteiger partial charge in [-0.15, -0.1) is 6.58 Å². The maximum Gasteiger partial charge on any atom is 0.188 e. The second-order valence-corrected chi connectivity index (χ2v) is 23.3. The molecule has 6 saturated heterocycles. The van der Waals surface area contributed by atoms with E-state index in [2.05, 4.69) is 12.7 Å². The number of hydrogen-bond donors (Lipinski definition) is 18. The molecule has 0 unspecified atom stereocenters. The van der Waals surface area contributed by atoms with Gasteiger partial charge in [-0.25, -0.2) is 0 Å². The van der Waals surface area contributed by atoms with Crippen LogP contribution in [0.25, 0.3) is 0 Å². The molecule has 6 fully saturated rings. The van der Waals surface area contributed by atoms with E-state index in [9.17, 15) is 91.9 Å². The van der Waals surface area contributed by atoms with E-state index < -0.39 is 216 Å². The van der Waals surface area contributed by atoms with Gasteiger partial charge in [0.05, 0.1) is 50.8 Å². The van der Waals surface area contributed by atoms with Crippen LogP contribution >= 0.6 is 0 Å². The van der Waals surface area contributed by atoms with Gasteiger partial charge >= 0.3 is 0 Å². The van der Waals surface area contributed by atoms with Gasteiger partial charge in [-0.05, 0) is 80.1 Å². The highest BCUT2D eigenvalue weighted by molar-refractivity contribution is 5.08. The van der Waals surface area contributed by atoms with E-state index in [1.54, 1.807) is 13.8 Å². The fourth-order valence-electron chi connectivity index (χ4n) is 10.7. The number of aliphatic hydroxyl groups is 18. The summed E-state index contributed by atoms with van der Waals surface area (Å²) in [4.78, 5) is 0. The normalized spacial score (nSPS) is 45.6. The van der Waals surface area contributed by atoms with Crippen molar-refractivity contribution >= 4 is 0 Å². The van der Waals surface area contributed by atoms with Crippen molar-refractivity contribution in [1.29, 1.82) is 0 Å². The van der Waals surface area contributed by atoms with Crippen LogP contribution in [0.3, 0.4) is 0 Å². The summed E-state index contributed by atoms with van der Waals surface area (Å²) >= 11 is 0. The highest BCUT2D eigenvalue weighted by Gasteiger charge is 2.56. The number of ether oxygens (including phenoxy) is 12. The van der Waals surface area contributed by atoms with Crippen LogP contribution < -0.4 is 0 Å². The molecule has 6 rings (SSSR count). The number of rotatable bonds is 27. The summed E-state index contributed by atoms with van der Waals surface area (Å²) in [5, 5.41) is 190. The Hall–Kier alpha value is -2.24. The number of hydrogen-bond acceptors (Lipinski definition) is 30. The largest absolute Gasteiger partial charge is 0.394 e. The lowest BCUT2D eigenvalue weighted by atomic mass is 9.95. The van der Waals surface area contributed by atoms with Crippen molar-refractivity contribution in [3.63, 3.8) is 0 Å². The van der Waals surface area contributed by atoms with Crippen LogP contribution in [0.5, 0.6) is 0 Å². The van der Waals surface area contributed by atoms with Crippen molar-refractivity contribution in [3.8, 4) is 0 Å². The van der Waals surface area contributed by atoms with Crippen molar-refractivity contribution in [3.05, 3.63) is 47.6 Å². The van der Waals surface area contributed by atoms with Crippen LogP contribution in [0.1, 0.15) is 80.1 Å². The van der Waals surface area contributed by atoms with Crippen LogP contribution in [0.4, 0.5) is 0 Å². The first kappa shape index (κ1) is 72.8. The van der Waals surface area contributed by atoms with Gasteiger partial charge in [0.2, 0.25) is 0 Å². The predicted molar refractivity (Wildman–Crippen MR) is 290 cm³/mol. The van der Waals surface area contributed by atoms with E-state index in [1.165, 1.54) is 19.9 Å². The minimum Gasteiger partial charge on any atom is -0.394 e. The fraction of sp³-hybridized carbons (Fsp3) is 0.857. The van der Waals surface area contributed by atoms with Gasteiger partial charge in [0.15, 0.2) is 37.7 Å². The van der Waals surface area contributed by atoms with E-state index in [0.717, 1.165) is 16.7 Å². The van der Waals surface area contributed by atoms with Crippen molar-refractivity contribution in [2.75, 3.05) is 33.0 Å². The summed E-state index contributed by atoms with van der Waals surface area (Å²) in [6.07, 6.45) is -37.4. The van der Waals surface area contributed by atoms with Gasteiger partial charge in [-0.3, -0.25) is 0 Å². The Balaban J connectivity index is 1.02. The minimum atomic E-state index is -1.94. The molecule has 6 aliphatic rings. The van der Waals surface area contributed by atoms with E-state index in [-0.39, 0.29) is 13.0 Å². The summed E-state index contributed by atoms with van der Waals surface area (Å²) in [6, 6.07) is 0. The highest BCUT2D eigenvalue weighted by Crippen LogP contribution is 2.37. The second-order valence-electron chi connectivity index (χ2n) is 23.3. The lowest BCUT2D eigenvalue weighted by Gasteiger charge is -2.49. The Bertz CT molecular complexity index is 2160. The van der Waals surface area contributed by atoms with Crippen molar-refractivity contribution < 1.29 is 149 Å². The topological polar surface area (TPSA) is 475 Å². The molecule has 18 N–H and O–H groups in total. The summed E-state index contributed by atoms with van der Waals surface area (Å²) in [7, 11) is 0. The molecule has 0 aromatic carbocycles. The highest BCUT2D eigenvalue weighted by atomic mass is 16.8. The summed E-state index contributed by atoms with van der Waals surface area (Å²) < 4.78 is 70.1. The average molecular weight is 1250 g/mol. The lowest BCUT2D eigenvalue weighted by molar-refractivity contribution is -0.393. The smallest absolute Gasteiger partial charge is 0.188 e. The molecule has 31 atom stereocenters. The molecule has 6 heterocycles. The molecule has 0 aromatic heterocycles. The maximum absolute atomic E-state index is 11.9. The van der Waals surface area contributed by atoms with Crippen molar-refractivity contribution in [1.82, 2.24) is 0 Å². The molecule has 6 aliphatic heterocycles. The van der Waals surface area contributed by atoms with Crippen molar-refractivity contribution in [2.45, 2.75) is 270 Å². The van der Waals surface area contributed by atoms with Crippen LogP contribution in [0, 0.1) is 0 Å². The fourth-order valence-corrected chi connectivity index (χ4v) is 10.7. The first-order chi connectivity index (χ1) is 40.6. The van der Waals surface area contributed by atoms with Crippen molar-refractivity contribution in [2.24, 2.45) is 0 Å². The molecule has 86 heavy (non-hydrogen) atoms. The van der Waals surface area contributed by atoms with Crippen LogP contribution in [0.2, 0.25) is 0 Å². The molecule has 30 nitrogen and oxygen atoms in total. The molecular formula is C56H94O30. The Morgan fingerprint density at radius 2 is 0.791 bits per heavy atom. The number of aliphatic hydroxyl groups excluding tert-OH is 18. The summed E-state index contributed by atoms with van der Waals surface area (Å²) in [6.45, 7) is 11.3. The van der Waals surface area contributed by atoms with Crippen LogP contribution in [-0.4, -0.2) is 315 Å². The molecule has 0 radical (unpaired) electrons. The van der Waals surface area contributed by atoms with Gasteiger partial charge in [-0.1, -0.05) is 41.0 Å². The second kappa shape index (κ2) is 32.9. The van der Waals surface area contributed by atoms with E-state index in [1.807, 2.05) is 26.0 Å². The summed E-state index contributed by atoms with van der Waals surface area (Å²) in [5.41, 5.74) is 1.66. The molecule has 498 valence electrons. The molecule has 0 bridgehead atoms. The summed E-state index contributed by atoms with van der Waals surface area (Å²) in [5.74, 6) is 0. The Kier molecular flexibility index (Phi) is 27.8. The third kappa shape index (κ3) is 17.9. The minimum absolute atomic E-state index is 0.0480. The molecule has 0 aliphatic carbocycles. The molecule has 0 aromatic rings. The zero-order valence-corrected chi connectivity index (χ0v) is 49.1. The monoisotopic (exact) mass is 1250 g/mol. The van der Waals surface area contributed by atoms with Crippen LogP contribution in [-0.2, 0) is 56.8 Å². The molecular weight excluding hydrogens is 1150 g/mol. The SMILES string of the molecule is C=C[C@](C)(CC/C=C(\C)CC/C=C(\C)CC/C=C(/C)CO[C@@H]1O[C@H](CO[C@@H]2O[C@@H](C)[C@H](O)[C@@H](O)[C@H]2O)[C@@H](O[C@@H]2O[C@@H](C)[C@H](O)[C@@H](O)[C@H]2O)[C@H](O)[C@H]1O)O[C@@H]1O[C@H](CO)[C@@H](O[C@@H]2O[C@H](CO)[C@@H](O)[C@H](O)[C@H]2O)[C@H](O)[C@H]1O[C@@H]1O[C@H](CO)[C@@H](O)[C@H](O)[C@H]1O. The van der Waals surface area contributed by atoms with E-state index >= 15 is 0 Å². The third-order valence-corrected chi connectivity index (χ3v) is 16.5. The number of allylic oxidation sites excluding steroid dienone is 5. The van der Waals surface area contributed by atoms with Gasteiger partial charge in [0, 0.05) is 0 Å². The average Bonchev–Trinajstić information content (AvgIpc) is 1.34. The molecule has 0 spiro atoms. The molecule has 0 amide bonds. The molecule has 30 heteroatoms.